The van der Waals surface area contributed by atoms with Crippen molar-refractivity contribution in [3.63, 3.8) is 0 Å². The number of carbonyl (C=O) groups is 2. The molecule has 0 aromatic heterocycles. The summed E-state index contributed by atoms with van der Waals surface area (Å²) in [5.74, 6) is -1.03. The highest BCUT2D eigenvalue weighted by Gasteiger charge is 2.48. The van der Waals surface area contributed by atoms with Gasteiger partial charge in [-0.25, -0.2) is 8.96 Å². The molecule has 2 aromatic carbocycles. The third kappa shape index (κ3) is 4.76. The summed E-state index contributed by atoms with van der Waals surface area (Å²) in [5.41, 5.74) is -0.448. The number of phosphoric acid groups is 1. The van der Waals surface area contributed by atoms with E-state index in [1.807, 2.05) is 0 Å². The first-order valence-corrected chi connectivity index (χ1v) is 10.5. The van der Waals surface area contributed by atoms with Gasteiger partial charge in [0.2, 0.25) is 0 Å². The molecule has 0 fully saturated rings. The normalized spacial score (nSPS) is 20.1. The number of hydrogen-bond donors (Lipinski definition) is 3. The average molecular weight is 437 g/mol. The second kappa shape index (κ2) is 7.92. The van der Waals surface area contributed by atoms with E-state index < -0.39 is 37.3 Å². The van der Waals surface area contributed by atoms with Gasteiger partial charge in [0, 0.05) is 16.7 Å². The zero-order chi connectivity index (χ0) is 22.3. The van der Waals surface area contributed by atoms with Crippen molar-refractivity contribution < 1.29 is 37.6 Å². The molecule has 0 radical (unpaired) electrons. The fourth-order valence-corrected chi connectivity index (χ4v) is 4.00. The molecule has 10 heteroatoms. The molecule has 1 amide bonds. The monoisotopic (exact) mass is 437 g/mol. The second-order valence-corrected chi connectivity index (χ2v) is 8.68. The van der Waals surface area contributed by atoms with Gasteiger partial charge in [-0.15, -0.1) is 0 Å². The van der Waals surface area contributed by atoms with Crippen LogP contribution in [-0.4, -0.2) is 33.2 Å². The summed E-state index contributed by atoms with van der Waals surface area (Å²) in [7, 11) is -4.96. The van der Waals surface area contributed by atoms with Crippen LogP contribution < -0.4 is 10.1 Å². The van der Waals surface area contributed by atoms with Crippen molar-refractivity contribution in [1.29, 1.82) is 0 Å². The Morgan fingerprint density at radius 3 is 2.30 bits per heavy atom. The van der Waals surface area contributed by atoms with E-state index in [-0.39, 0.29) is 11.3 Å². The minimum absolute atomic E-state index is 0.139. The van der Waals surface area contributed by atoms with Crippen LogP contribution in [0.15, 0.2) is 42.5 Å². The number of hydrogen-bond acceptors (Lipinski definition) is 5. The van der Waals surface area contributed by atoms with Gasteiger partial charge < -0.3 is 19.8 Å². The molecule has 1 aliphatic heterocycles. The molecule has 0 unspecified atom stereocenters. The van der Waals surface area contributed by atoms with Crippen LogP contribution in [0.2, 0.25) is 0 Å². The Hall–Kier alpha value is -2.58. The minimum Gasteiger partial charge on any atom is -0.485 e. The summed E-state index contributed by atoms with van der Waals surface area (Å²) < 4.78 is 35.7. The molecule has 2 atom stereocenters. The van der Waals surface area contributed by atoms with Crippen LogP contribution in [0.4, 0.5) is 4.39 Å². The molecule has 1 heterocycles. The van der Waals surface area contributed by atoms with Crippen molar-refractivity contribution in [1.82, 2.24) is 5.32 Å². The molecule has 2 aromatic rings. The molecule has 8 nitrogen and oxygen atoms in total. The van der Waals surface area contributed by atoms with Crippen LogP contribution in [-0.2, 0) is 9.09 Å². The lowest BCUT2D eigenvalue weighted by Crippen LogP contribution is -2.54. The maximum atomic E-state index is 13.2. The fraction of sp³-hybridized carbons (Fsp3) is 0.300. The molecule has 0 saturated heterocycles. The molecule has 30 heavy (non-hydrogen) atoms. The number of phosphoric ester groups is 1. The largest absolute Gasteiger partial charge is 0.485 e. The first-order chi connectivity index (χ1) is 13.9. The quantitative estimate of drug-likeness (QED) is 0.485. The zero-order valence-electron chi connectivity index (χ0n) is 16.5. The lowest BCUT2D eigenvalue weighted by molar-refractivity contribution is -0.0597. The average Bonchev–Trinajstić information content (AvgIpc) is 2.63. The zero-order valence-corrected chi connectivity index (χ0v) is 17.4. The Kier molecular flexibility index (Phi) is 5.84. The fourth-order valence-electron chi connectivity index (χ4n) is 3.32. The van der Waals surface area contributed by atoms with Gasteiger partial charge in [0.15, 0.2) is 5.78 Å². The summed E-state index contributed by atoms with van der Waals surface area (Å²) in [6.45, 7) is 4.49. The van der Waals surface area contributed by atoms with Crippen molar-refractivity contribution in [3.8, 4) is 5.75 Å². The molecule has 160 valence electrons. The van der Waals surface area contributed by atoms with E-state index in [4.69, 9.17) is 9.26 Å². The summed E-state index contributed by atoms with van der Waals surface area (Å²) in [4.78, 5) is 43.5. The summed E-state index contributed by atoms with van der Waals surface area (Å²) >= 11 is 0. The Balaban J connectivity index is 2.08. The number of Topliss-reactive ketones (excluding diaryl/α,β-unsaturated/α-hetero) is 1. The first-order valence-electron chi connectivity index (χ1n) is 9.02. The van der Waals surface area contributed by atoms with Crippen molar-refractivity contribution in [2.24, 2.45) is 0 Å². The topological polar surface area (TPSA) is 122 Å². The highest BCUT2D eigenvalue weighted by Crippen LogP contribution is 2.48. The standard InChI is InChI=1S/C20H21FNO7P/c1-11(23)13-6-9-16-15(10-13)17(18(20(2,3)28-16)29-30(25,26)27)22-19(24)12-4-7-14(21)8-5-12/h4-10,17-18H,1-3H3,(H,22,24)(H2,25,26,27)/t17-,18-/m1/s1. The molecular formula is C20H21FNO7P. The number of rotatable bonds is 5. The van der Waals surface area contributed by atoms with Crippen LogP contribution in [0, 0.1) is 5.82 Å². The number of ketones is 1. The highest BCUT2D eigenvalue weighted by molar-refractivity contribution is 7.46. The Labute approximate surface area is 172 Å². The predicted octanol–water partition coefficient (Wildman–Crippen LogP) is 3.15. The molecule has 0 spiro atoms. The van der Waals surface area contributed by atoms with Crippen LogP contribution in [0.1, 0.15) is 53.1 Å². The molecule has 0 aliphatic carbocycles. The molecule has 0 saturated carbocycles. The molecule has 0 bridgehead atoms. The Morgan fingerprint density at radius 2 is 1.73 bits per heavy atom. The number of carbonyl (C=O) groups excluding carboxylic acids is 2. The van der Waals surface area contributed by atoms with Crippen LogP contribution in [0.5, 0.6) is 5.75 Å². The smallest absolute Gasteiger partial charge is 0.470 e. The summed E-state index contributed by atoms with van der Waals surface area (Å²) in [5, 5.41) is 2.68. The highest BCUT2D eigenvalue weighted by atomic mass is 31.2. The van der Waals surface area contributed by atoms with Gasteiger partial charge in [-0.1, -0.05) is 0 Å². The van der Waals surface area contributed by atoms with E-state index in [9.17, 15) is 28.3 Å². The lowest BCUT2D eigenvalue weighted by Gasteiger charge is -2.44. The summed E-state index contributed by atoms with van der Waals surface area (Å²) in [6.07, 6.45) is -1.29. The van der Waals surface area contributed by atoms with Crippen LogP contribution >= 0.6 is 7.82 Å². The van der Waals surface area contributed by atoms with Gasteiger partial charge in [0.1, 0.15) is 23.3 Å². The van der Waals surface area contributed by atoms with Crippen molar-refractivity contribution in [2.75, 3.05) is 0 Å². The van der Waals surface area contributed by atoms with Crippen LogP contribution in [0.3, 0.4) is 0 Å². The molecule has 1 aliphatic rings. The third-order valence-electron chi connectivity index (χ3n) is 4.76. The van der Waals surface area contributed by atoms with Gasteiger partial charge in [-0.3, -0.25) is 14.1 Å². The Morgan fingerprint density at radius 1 is 1.13 bits per heavy atom. The van der Waals surface area contributed by atoms with Gasteiger partial charge in [-0.05, 0) is 63.2 Å². The lowest BCUT2D eigenvalue weighted by atomic mass is 9.85. The molecule has 3 rings (SSSR count). The van der Waals surface area contributed by atoms with E-state index in [1.54, 1.807) is 26.0 Å². The number of benzene rings is 2. The predicted molar refractivity (Wildman–Crippen MR) is 105 cm³/mol. The second-order valence-electron chi connectivity index (χ2n) is 7.49. The van der Waals surface area contributed by atoms with Gasteiger partial charge in [-0.2, -0.15) is 0 Å². The Bertz CT molecular complexity index is 1030. The van der Waals surface area contributed by atoms with E-state index in [0.29, 0.717) is 16.9 Å². The van der Waals surface area contributed by atoms with Crippen molar-refractivity contribution in [2.45, 2.75) is 38.5 Å². The maximum absolute atomic E-state index is 13.2. The van der Waals surface area contributed by atoms with Crippen LogP contribution in [0.25, 0.3) is 0 Å². The molecule has 3 N–H and O–H groups in total. The molecular weight excluding hydrogens is 416 g/mol. The van der Waals surface area contributed by atoms with E-state index in [2.05, 4.69) is 5.32 Å². The SMILES string of the molecule is CC(=O)c1ccc2c(c1)[C@@H](NC(=O)c1ccc(F)cc1)[C@@H](OP(=O)(O)O)C(C)(C)O2. The number of nitrogens with one attached hydrogen (secondary N) is 1. The third-order valence-corrected chi connectivity index (χ3v) is 5.26. The van der Waals surface area contributed by atoms with Gasteiger partial charge in [0.25, 0.3) is 5.91 Å². The first kappa shape index (κ1) is 22.1. The minimum atomic E-state index is -4.96. The number of halogens is 1. The summed E-state index contributed by atoms with van der Waals surface area (Å²) in [6, 6.07) is 8.33. The number of fused-ring (bicyclic) bond motifs is 1. The van der Waals surface area contributed by atoms with Crippen molar-refractivity contribution in [3.05, 3.63) is 65.0 Å². The van der Waals surface area contributed by atoms with E-state index >= 15 is 0 Å². The van der Waals surface area contributed by atoms with Gasteiger partial charge >= 0.3 is 7.82 Å². The van der Waals surface area contributed by atoms with Crippen molar-refractivity contribution >= 4 is 19.5 Å². The number of ether oxygens (including phenoxy) is 1. The van der Waals surface area contributed by atoms with Gasteiger partial charge in [0.05, 0.1) is 6.04 Å². The van der Waals surface area contributed by atoms with E-state index in [0.717, 1.165) is 12.1 Å². The number of amides is 1. The maximum Gasteiger partial charge on any atom is 0.470 e. The van der Waals surface area contributed by atoms with E-state index in [1.165, 1.54) is 25.1 Å².